The summed E-state index contributed by atoms with van der Waals surface area (Å²) in [4.78, 5) is 5.06. The van der Waals surface area contributed by atoms with Crippen molar-refractivity contribution in [2.45, 2.75) is 13.8 Å². The van der Waals surface area contributed by atoms with Crippen LogP contribution < -0.4 is 4.90 Å². The Morgan fingerprint density at radius 1 is 0.870 bits per heavy atom. The Balaban J connectivity index is 1.52. The lowest BCUT2D eigenvalue weighted by molar-refractivity contribution is 0.284. The lowest BCUT2D eigenvalue weighted by Crippen LogP contribution is -2.46. The van der Waals surface area contributed by atoms with Crippen molar-refractivity contribution < 1.29 is 0 Å². The molecule has 0 N–H and O–H groups in total. The minimum Gasteiger partial charge on any atom is -0.369 e. The second kappa shape index (κ2) is 7.47. The molecule has 1 fully saturated rings. The molecule has 2 aromatic rings. The van der Waals surface area contributed by atoms with Crippen LogP contribution >= 0.6 is 0 Å². The van der Waals surface area contributed by atoms with Crippen LogP contribution in [0.1, 0.15) is 16.7 Å². The number of benzene rings is 2. The van der Waals surface area contributed by atoms with E-state index < -0.39 is 0 Å². The molecule has 1 saturated heterocycles. The number of piperazine rings is 1. The highest BCUT2D eigenvalue weighted by Crippen LogP contribution is 2.23. The van der Waals surface area contributed by atoms with E-state index in [-0.39, 0.29) is 0 Å². The Labute approximate surface area is 140 Å². The highest BCUT2D eigenvalue weighted by Gasteiger charge is 2.17. The van der Waals surface area contributed by atoms with Crippen LogP contribution in [0.15, 0.2) is 54.6 Å². The SMILES string of the molecule is Cc1cccc(N2CCN(CC=Cc3ccccc3)CC2)c1C. The highest BCUT2D eigenvalue weighted by atomic mass is 15.3. The van der Waals surface area contributed by atoms with Gasteiger partial charge < -0.3 is 4.90 Å². The summed E-state index contributed by atoms with van der Waals surface area (Å²) >= 11 is 0. The van der Waals surface area contributed by atoms with E-state index in [4.69, 9.17) is 0 Å². The van der Waals surface area contributed by atoms with Gasteiger partial charge in [-0.05, 0) is 36.6 Å². The van der Waals surface area contributed by atoms with Gasteiger partial charge in [0.1, 0.15) is 0 Å². The predicted octanol–water partition coefficient (Wildman–Crippen LogP) is 4.14. The van der Waals surface area contributed by atoms with Crippen molar-refractivity contribution in [1.29, 1.82) is 0 Å². The van der Waals surface area contributed by atoms with Gasteiger partial charge in [0.05, 0.1) is 0 Å². The zero-order valence-electron chi connectivity index (χ0n) is 14.2. The molecule has 2 heteroatoms. The zero-order valence-corrected chi connectivity index (χ0v) is 14.2. The molecular formula is C21H26N2. The molecule has 0 amide bonds. The molecule has 1 aliphatic heterocycles. The topological polar surface area (TPSA) is 6.48 Å². The van der Waals surface area contributed by atoms with Crippen LogP contribution in [0.2, 0.25) is 0 Å². The van der Waals surface area contributed by atoms with Crippen molar-refractivity contribution in [3.63, 3.8) is 0 Å². The maximum Gasteiger partial charge on any atom is 0.0399 e. The number of hydrogen-bond acceptors (Lipinski definition) is 2. The average molecular weight is 306 g/mol. The number of hydrogen-bond donors (Lipinski definition) is 0. The van der Waals surface area contributed by atoms with Gasteiger partial charge in [-0.25, -0.2) is 0 Å². The smallest absolute Gasteiger partial charge is 0.0399 e. The van der Waals surface area contributed by atoms with Gasteiger partial charge >= 0.3 is 0 Å². The summed E-state index contributed by atoms with van der Waals surface area (Å²) in [7, 11) is 0. The van der Waals surface area contributed by atoms with Crippen LogP contribution in [-0.4, -0.2) is 37.6 Å². The maximum absolute atomic E-state index is 2.53. The Morgan fingerprint density at radius 2 is 1.61 bits per heavy atom. The largest absolute Gasteiger partial charge is 0.369 e. The van der Waals surface area contributed by atoms with Gasteiger partial charge in [0.25, 0.3) is 0 Å². The molecule has 2 nitrogen and oxygen atoms in total. The van der Waals surface area contributed by atoms with Gasteiger partial charge in [-0.3, -0.25) is 4.90 Å². The third kappa shape index (κ3) is 4.02. The van der Waals surface area contributed by atoms with Crippen LogP contribution in [-0.2, 0) is 0 Å². The first kappa shape index (κ1) is 15.8. The maximum atomic E-state index is 2.53. The molecule has 23 heavy (non-hydrogen) atoms. The van der Waals surface area contributed by atoms with Crippen molar-refractivity contribution >= 4 is 11.8 Å². The first-order valence-electron chi connectivity index (χ1n) is 8.49. The normalized spacial score (nSPS) is 16.2. The summed E-state index contributed by atoms with van der Waals surface area (Å²) in [5, 5.41) is 0. The van der Waals surface area contributed by atoms with E-state index in [0.717, 1.165) is 32.7 Å². The molecule has 120 valence electrons. The molecule has 0 aliphatic carbocycles. The van der Waals surface area contributed by atoms with Crippen LogP contribution in [0.3, 0.4) is 0 Å². The third-order valence-electron chi connectivity index (χ3n) is 4.76. The fourth-order valence-corrected chi connectivity index (χ4v) is 3.15. The summed E-state index contributed by atoms with van der Waals surface area (Å²) in [6.45, 7) is 9.96. The molecule has 0 radical (unpaired) electrons. The van der Waals surface area contributed by atoms with Crippen LogP contribution in [0, 0.1) is 13.8 Å². The fraction of sp³-hybridized carbons (Fsp3) is 0.333. The van der Waals surface area contributed by atoms with Crippen LogP contribution in [0.25, 0.3) is 6.08 Å². The summed E-state index contributed by atoms with van der Waals surface area (Å²) in [5.74, 6) is 0. The Bertz CT molecular complexity index is 653. The van der Waals surface area contributed by atoms with Gasteiger partial charge in [-0.15, -0.1) is 0 Å². The summed E-state index contributed by atoms with van der Waals surface area (Å²) in [6.07, 6.45) is 4.50. The van der Waals surface area contributed by atoms with E-state index in [9.17, 15) is 0 Å². The predicted molar refractivity (Wildman–Crippen MR) is 100 cm³/mol. The van der Waals surface area contributed by atoms with Gasteiger partial charge in [0.2, 0.25) is 0 Å². The molecular weight excluding hydrogens is 280 g/mol. The van der Waals surface area contributed by atoms with Crippen molar-refractivity contribution in [3.05, 3.63) is 71.3 Å². The van der Waals surface area contributed by atoms with E-state index in [1.165, 1.54) is 22.4 Å². The number of anilines is 1. The van der Waals surface area contributed by atoms with E-state index in [1.807, 2.05) is 0 Å². The average Bonchev–Trinajstić information content (AvgIpc) is 2.59. The lowest BCUT2D eigenvalue weighted by atomic mass is 10.1. The summed E-state index contributed by atoms with van der Waals surface area (Å²) in [5.41, 5.74) is 5.49. The molecule has 1 heterocycles. The van der Waals surface area contributed by atoms with E-state index in [2.05, 4.69) is 84.3 Å². The van der Waals surface area contributed by atoms with Crippen LogP contribution in [0.4, 0.5) is 5.69 Å². The molecule has 2 aromatic carbocycles. The van der Waals surface area contributed by atoms with Crippen LogP contribution in [0.5, 0.6) is 0 Å². The standard InChI is InChI=1S/C21H26N2/c1-18-8-6-12-21(19(18)2)23-16-14-22(15-17-23)13-7-11-20-9-4-3-5-10-20/h3-12H,13-17H2,1-2H3. The van der Waals surface area contributed by atoms with Crippen molar-refractivity contribution in [3.8, 4) is 0 Å². The molecule has 3 rings (SSSR count). The van der Waals surface area contributed by atoms with Gasteiger partial charge in [0.15, 0.2) is 0 Å². The molecule has 0 saturated carbocycles. The van der Waals surface area contributed by atoms with Crippen molar-refractivity contribution in [1.82, 2.24) is 4.90 Å². The third-order valence-corrected chi connectivity index (χ3v) is 4.76. The molecule has 0 atom stereocenters. The first-order valence-corrected chi connectivity index (χ1v) is 8.49. The molecule has 1 aliphatic rings. The van der Waals surface area contributed by atoms with Crippen molar-refractivity contribution in [2.75, 3.05) is 37.6 Å². The summed E-state index contributed by atoms with van der Waals surface area (Å²) in [6, 6.07) is 17.2. The second-order valence-electron chi connectivity index (χ2n) is 6.32. The van der Waals surface area contributed by atoms with Crippen molar-refractivity contribution in [2.24, 2.45) is 0 Å². The van der Waals surface area contributed by atoms with Gasteiger partial charge in [0, 0.05) is 38.4 Å². The van der Waals surface area contributed by atoms with E-state index in [0.29, 0.717) is 0 Å². The minimum atomic E-state index is 1.04. The quantitative estimate of drug-likeness (QED) is 0.837. The van der Waals surface area contributed by atoms with Gasteiger partial charge in [-0.1, -0.05) is 54.6 Å². The molecule has 0 unspecified atom stereocenters. The Kier molecular flexibility index (Phi) is 5.14. The second-order valence-corrected chi connectivity index (χ2v) is 6.32. The Morgan fingerprint density at radius 3 is 2.35 bits per heavy atom. The number of rotatable bonds is 4. The lowest BCUT2D eigenvalue weighted by Gasteiger charge is -2.36. The van der Waals surface area contributed by atoms with E-state index >= 15 is 0 Å². The highest BCUT2D eigenvalue weighted by molar-refractivity contribution is 5.56. The fourth-order valence-electron chi connectivity index (χ4n) is 3.15. The molecule has 0 spiro atoms. The molecule has 0 aromatic heterocycles. The zero-order chi connectivity index (χ0) is 16.1. The summed E-state index contributed by atoms with van der Waals surface area (Å²) < 4.78 is 0. The molecule has 0 bridgehead atoms. The van der Waals surface area contributed by atoms with E-state index in [1.54, 1.807) is 0 Å². The Hall–Kier alpha value is -2.06. The van der Waals surface area contributed by atoms with Gasteiger partial charge in [-0.2, -0.15) is 0 Å². The number of aryl methyl sites for hydroxylation is 1. The monoisotopic (exact) mass is 306 g/mol. The first-order chi connectivity index (χ1) is 11.2. The minimum absolute atomic E-state index is 1.04. The number of nitrogens with zero attached hydrogens (tertiary/aromatic N) is 2.